The Hall–Kier alpha value is -1.56. The molecule has 2 rings (SSSR count). The molecule has 1 unspecified atom stereocenters. The molecule has 0 bridgehead atoms. The number of amides is 1. The first kappa shape index (κ1) is 15.8. The van der Waals surface area contributed by atoms with Crippen LogP contribution >= 0.6 is 0 Å². The van der Waals surface area contributed by atoms with Crippen LogP contribution < -0.4 is 10.6 Å². The molecule has 1 aliphatic rings. The largest absolute Gasteiger partial charge is 0.416 e. The average molecular weight is 300 g/mol. The first-order chi connectivity index (χ1) is 9.80. The van der Waals surface area contributed by atoms with E-state index in [2.05, 4.69) is 17.6 Å². The highest BCUT2D eigenvalue weighted by atomic mass is 19.4. The highest BCUT2D eigenvalue weighted by molar-refractivity contribution is 5.94. The van der Waals surface area contributed by atoms with Gasteiger partial charge in [-0.1, -0.05) is 6.92 Å². The minimum Gasteiger partial charge on any atom is -0.351 e. The van der Waals surface area contributed by atoms with Crippen LogP contribution in [0.1, 0.15) is 35.7 Å². The van der Waals surface area contributed by atoms with Crippen LogP contribution in [0.15, 0.2) is 24.3 Å². The first-order valence-electron chi connectivity index (χ1n) is 6.96. The van der Waals surface area contributed by atoms with E-state index < -0.39 is 11.7 Å². The molecule has 1 aromatic carbocycles. The van der Waals surface area contributed by atoms with Crippen LogP contribution in [-0.4, -0.2) is 25.5 Å². The standard InChI is InChI=1S/C15H19F3N2O/c1-14(7-2-8-19-9-14)10-20-13(21)11-3-5-12(6-4-11)15(16,17)18/h3-6,19H,2,7-10H2,1H3,(H,20,21). The molecule has 1 fully saturated rings. The van der Waals surface area contributed by atoms with Crippen molar-refractivity contribution in [1.29, 1.82) is 0 Å². The summed E-state index contributed by atoms with van der Waals surface area (Å²) in [6.07, 6.45) is -2.30. The van der Waals surface area contributed by atoms with E-state index in [1.807, 2.05) is 0 Å². The van der Waals surface area contributed by atoms with E-state index >= 15 is 0 Å². The van der Waals surface area contributed by atoms with Gasteiger partial charge < -0.3 is 10.6 Å². The van der Waals surface area contributed by atoms with Crippen molar-refractivity contribution in [3.63, 3.8) is 0 Å². The lowest BCUT2D eigenvalue weighted by atomic mass is 9.83. The molecule has 0 saturated carbocycles. The van der Waals surface area contributed by atoms with Crippen molar-refractivity contribution in [2.75, 3.05) is 19.6 Å². The van der Waals surface area contributed by atoms with Crippen LogP contribution in [0.4, 0.5) is 13.2 Å². The predicted molar refractivity (Wildman–Crippen MR) is 74.0 cm³/mol. The third kappa shape index (κ3) is 4.20. The smallest absolute Gasteiger partial charge is 0.351 e. The first-order valence-corrected chi connectivity index (χ1v) is 6.96. The fourth-order valence-corrected chi connectivity index (χ4v) is 2.48. The van der Waals surface area contributed by atoms with Crippen molar-refractivity contribution < 1.29 is 18.0 Å². The van der Waals surface area contributed by atoms with Crippen molar-refractivity contribution in [1.82, 2.24) is 10.6 Å². The van der Waals surface area contributed by atoms with Crippen molar-refractivity contribution in [3.05, 3.63) is 35.4 Å². The molecule has 116 valence electrons. The predicted octanol–water partition coefficient (Wildman–Crippen LogP) is 2.82. The van der Waals surface area contributed by atoms with Crippen molar-refractivity contribution in [2.45, 2.75) is 25.9 Å². The highest BCUT2D eigenvalue weighted by Gasteiger charge is 2.30. The van der Waals surface area contributed by atoms with Gasteiger partial charge in [-0.15, -0.1) is 0 Å². The molecule has 1 amide bonds. The maximum absolute atomic E-state index is 12.5. The van der Waals surface area contributed by atoms with Gasteiger partial charge in [0.25, 0.3) is 5.91 Å². The lowest BCUT2D eigenvalue weighted by molar-refractivity contribution is -0.137. The number of nitrogens with one attached hydrogen (secondary N) is 2. The fraction of sp³-hybridized carbons (Fsp3) is 0.533. The Kier molecular flexibility index (Phi) is 4.56. The molecular formula is C15H19F3N2O. The van der Waals surface area contributed by atoms with E-state index in [0.717, 1.165) is 38.1 Å². The second kappa shape index (κ2) is 6.05. The Labute approximate surface area is 121 Å². The van der Waals surface area contributed by atoms with Gasteiger partial charge in [0.2, 0.25) is 0 Å². The molecule has 1 saturated heterocycles. The minimum atomic E-state index is -4.38. The van der Waals surface area contributed by atoms with E-state index in [0.29, 0.717) is 6.54 Å². The van der Waals surface area contributed by atoms with E-state index in [1.54, 1.807) is 0 Å². The van der Waals surface area contributed by atoms with Crippen LogP contribution in [0, 0.1) is 5.41 Å². The number of rotatable bonds is 3. The maximum atomic E-state index is 12.5. The van der Waals surface area contributed by atoms with Crippen LogP contribution in [-0.2, 0) is 6.18 Å². The molecule has 3 nitrogen and oxygen atoms in total. The Bertz CT molecular complexity index is 491. The number of benzene rings is 1. The number of halogens is 3. The summed E-state index contributed by atoms with van der Waals surface area (Å²) in [5.41, 5.74) is -0.502. The normalized spacial score (nSPS) is 22.9. The molecule has 2 N–H and O–H groups in total. The second-order valence-electron chi connectivity index (χ2n) is 5.85. The van der Waals surface area contributed by atoms with E-state index in [4.69, 9.17) is 0 Å². The number of alkyl halides is 3. The summed E-state index contributed by atoms with van der Waals surface area (Å²) in [7, 11) is 0. The van der Waals surface area contributed by atoms with Crippen LogP contribution in [0.3, 0.4) is 0 Å². The molecule has 0 spiro atoms. The van der Waals surface area contributed by atoms with E-state index in [-0.39, 0.29) is 16.9 Å². The maximum Gasteiger partial charge on any atom is 0.416 e. The van der Waals surface area contributed by atoms with Gasteiger partial charge >= 0.3 is 6.18 Å². The molecule has 1 heterocycles. The number of hydrogen-bond donors (Lipinski definition) is 2. The summed E-state index contributed by atoms with van der Waals surface area (Å²) < 4.78 is 37.4. The Morgan fingerprint density at radius 2 is 2.00 bits per heavy atom. The van der Waals surface area contributed by atoms with Gasteiger partial charge in [-0.05, 0) is 49.1 Å². The van der Waals surface area contributed by atoms with Gasteiger partial charge in [0.05, 0.1) is 5.56 Å². The van der Waals surface area contributed by atoms with Crippen LogP contribution in [0.25, 0.3) is 0 Å². The van der Waals surface area contributed by atoms with Gasteiger partial charge in [0.1, 0.15) is 0 Å². The Morgan fingerprint density at radius 1 is 1.33 bits per heavy atom. The van der Waals surface area contributed by atoms with Crippen molar-refractivity contribution >= 4 is 5.91 Å². The minimum absolute atomic E-state index is 0.000178. The van der Waals surface area contributed by atoms with Gasteiger partial charge in [-0.3, -0.25) is 4.79 Å². The summed E-state index contributed by atoms with van der Waals surface area (Å²) in [5, 5.41) is 6.09. The zero-order valence-electron chi connectivity index (χ0n) is 11.9. The Morgan fingerprint density at radius 3 is 2.52 bits per heavy atom. The summed E-state index contributed by atoms with van der Waals surface area (Å²) in [4.78, 5) is 12.0. The lowest BCUT2D eigenvalue weighted by Crippen LogP contribution is -2.45. The molecule has 1 atom stereocenters. The number of piperidine rings is 1. The highest BCUT2D eigenvalue weighted by Crippen LogP contribution is 2.29. The third-order valence-corrected chi connectivity index (χ3v) is 3.84. The number of carbonyl (C=O) groups is 1. The second-order valence-corrected chi connectivity index (χ2v) is 5.85. The molecule has 0 aromatic heterocycles. The lowest BCUT2D eigenvalue weighted by Gasteiger charge is -2.34. The van der Waals surface area contributed by atoms with Gasteiger partial charge in [0.15, 0.2) is 0 Å². The van der Waals surface area contributed by atoms with Crippen LogP contribution in [0.5, 0.6) is 0 Å². The zero-order chi connectivity index (χ0) is 15.5. The van der Waals surface area contributed by atoms with Gasteiger partial charge in [-0.25, -0.2) is 0 Å². The molecular weight excluding hydrogens is 281 g/mol. The molecule has 0 radical (unpaired) electrons. The fourth-order valence-electron chi connectivity index (χ4n) is 2.48. The van der Waals surface area contributed by atoms with E-state index in [9.17, 15) is 18.0 Å². The molecule has 1 aliphatic heterocycles. The van der Waals surface area contributed by atoms with E-state index in [1.165, 1.54) is 12.1 Å². The summed E-state index contributed by atoms with van der Waals surface area (Å²) in [6, 6.07) is 4.27. The van der Waals surface area contributed by atoms with Crippen molar-refractivity contribution in [3.8, 4) is 0 Å². The SMILES string of the molecule is CC1(CNC(=O)c2ccc(C(F)(F)F)cc2)CCCNC1. The van der Waals surface area contributed by atoms with Gasteiger partial charge in [-0.2, -0.15) is 13.2 Å². The Balaban J connectivity index is 1.94. The molecule has 21 heavy (non-hydrogen) atoms. The summed E-state index contributed by atoms with van der Waals surface area (Å²) in [6.45, 7) is 4.43. The third-order valence-electron chi connectivity index (χ3n) is 3.84. The molecule has 6 heteroatoms. The average Bonchev–Trinajstić information content (AvgIpc) is 2.45. The van der Waals surface area contributed by atoms with Crippen molar-refractivity contribution in [2.24, 2.45) is 5.41 Å². The molecule has 1 aromatic rings. The molecule has 0 aliphatic carbocycles. The van der Waals surface area contributed by atoms with Crippen LogP contribution in [0.2, 0.25) is 0 Å². The van der Waals surface area contributed by atoms with Gasteiger partial charge in [0, 0.05) is 18.7 Å². The number of hydrogen-bond acceptors (Lipinski definition) is 2. The summed E-state index contributed by atoms with van der Waals surface area (Å²) in [5.74, 6) is -0.337. The zero-order valence-corrected chi connectivity index (χ0v) is 11.9. The number of carbonyl (C=O) groups excluding carboxylic acids is 1. The quantitative estimate of drug-likeness (QED) is 0.901. The topological polar surface area (TPSA) is 41.1 Å². The monoisotopic (exact) mass is 300 g/mol. The summed E-state index contributed by atoms with van der Waals surface area (Å²) >= 11 is 0.